The Bertz CT molecular complexity index is 1100. The number of carbonyl (C=O) groups is 1. The van der Waals surface area contributed by atoms with Crippen LogP contribution in [0, 0.1) is 0 Å². The van der Waals surface area contributed by atoms with E-state index in [4.69, 9.17) is 4.74 Å². The van der Waals surface area contributed by atoms with Gasteiger partial charge < -0.3 is 4.74 Å². The van der Waals surface area contributed by atoms with Crippen LogP contribution in [-0.2, 0) is 22.6 Å². The van der Waals surface area contributed by atoms with E-state index in [0.29, 0.717) is 6.42 Å². The molecule has 1 heterocycles. The third kappa shape index (κ3) is 7.77. The van der Waals surface area contributed by atoms with Gasteiger partial charge in [-0.15, -0.1) is 0 Å². The topological polar surface area (TPSA) is 32.8 Å². The molecule has 3 atom stereocenters. The van der Waals surface area contributed by atoms with Crippen LogP contribution in [0.1, 0.15) is 69.7 Å². The fraction of sp³-hybridized carbons (Fsp3) is 0.424. The van der Waals surface area contributed by atoms with Crippen LogP contribution in [0.5, 0.6) is 0 Å². The first-order valence-corrected chi connectivity index (χ1v) is 13.6. The second kappa shape index (κ2) is 12.5. The van der Waals surface area contributed by atoms with Crippen molar-refractivity contribution in [2.75, 3.05) is 6.54 Å². The zero-order valence-corrected chi connectivity index (χ0v) is 22.8. The Kier molecular flexibility index (Phi) is 9.18. The summed E-state index contributed by atoms with van der Waals surface area (Å²) >= 11 is 0. The number of hydrogen-bond donors (Lipinski definition) is 0. The molecule has 0 aliphatic carbocycles. The molecular formula is C33H42N2O2. The van der Waals surface area contributed by atoms with E-state index < -0.39 is 5.60 Å². The summed E-state index contributed by atoms with van der Waals surface area (Å²) in [5, 5.41) is 0. The van der Waals surface area contributed by atoms with E-state index in [1.165, 1.54) is 16.7 Å². The van der Waals surface area contributed by atoms with Crippen LogP contribution in [0.15, 0.2) is 91.0 Å². The molecule has 3 aromatic rings. The predicted molar refractivity (Wildman–Crippen MR) is 151 cm³/mol. The van der Waals surface area contributed by atoms with E-state index >= 15 is 0 Å². The van der Waals surface area contributed by atoms with Gasteiger partial charge in [-0.1, -0.05) is 91.0 Å². The Morgan fingerprint density at radius 3 is 2.08 bits per heavy atom. The van der Waals surface area contributed by atoms with Gasteiger partial charge in [-0.3, -0.25) is 14.6 Å². The summed E-state index contributed by atoms with van der Waals surface area (Å²) in [5.41, 5.74) is 3.33. The second-order valence-corrected chi connectivity index (χ2v) is 11.3. The molecule has 37 heavy (non-hydrogen) atoms. The Balaban J connectivity index is 1.70. The molecule has 4 heteroatoms. The molecule has 0 N–H and O–H groups in total. The van der Waals surface area contributed by atoms with Gasteiger partial charge >= 0.3 is 5.97 Å². The second-order valence-electron chi connectivity index (χ2n) is 11.3. The molecule has 196 valence electrons. The molecular weight excluding hydrogens is 456 g/mol. The number of likely N-dealkylation sites (tertiary alicyclic amines) is 1. The zero-order chi connectivity index (χ0) is 26.3. The van der Waals surface area contributed by atoms with E-state index in [2.05, 4.69) is 108 Å². The van der Waals surface area contributed by atoms with Gasteiger partial charge in [0.1, 0.15) is 5.60 Å². The first-order valence-electron chi connectivity index (χ1n) is 13.6. The van der Waals surface area contributed by atoms with Crippen molar-refractivity contribution >= 4 is 5.97 Å². The zero-order valence-electron chi connectivity index (χ0n) is 22.8. The maximum atomic E-state index is 13.3. The minimum atomic E-state index is -0.504. The lowest BCUT2D eigenvalue weighted by Gasteiger charge is -2.42. The van der Waals surface area contributed by atoms with E-state index in [0.717, 1.165) is 32.5 Å². The number of esters is 1. The number of benzene rings is 3. The number of rotatable bonds is 10. The summed E-state index contributed by atoms with van der Waals surface area (Å²) in [6.07, 6.45) is 2.59. The number of ether oxygens (including phenoxy) is 1. The lowest BCUT2D eigenvalue weighted by molar-refractivity contribution is -0.157. The quantitative estimate of drug-likeness (QED) is 0.281. The number of hydrogen-bond acceptors (Lipinski definition) is 4. The van der Waals surface area contributed by atoms with Crippen LogP contribution >= 0.6 is 0 Å². The van der Waals surface area contributed by atoms with Crippen molar-refractivity contribution in [3.8, 4) is 0 Å². The van der Waals surface area contributed by atoms with Crippen molar-refractivity contribution in [2.24, 2.45) is 0 Å². The maximum absolute atomic E-state index is 13.3. The molecule has 0 saturated carbocycles. The first-order chi connectivity index (χ1) is 17.8. The van der Waals surface area contributed by atoms with Gasteiger partial charge in [-0.2, -0.15) is 0 Å². The van der Waals surface area contributed by atoms with Crippen molar-refractivity contribution in [2.45, 2.75) is 83.8 Å². The molecule has 1 saturated heterocycles. The van der Waals surface area contributed by atoms with E-state index in [9.17, 15) is 4.79 Å². The van der Waals surface area contributed by atoms with Gasteiger partial charge in [-0.25, -0.2) is 0 Å². The van der Waals surface area contributed by atoms with Gasteiger partial charge in [0.2, 0.25) is 0 Å². The highest BCUT2D eigenvalue weighted by molar-refractivity contribution is 5.70. The highest BCUT2D eigenvalue weighted by Crippen LogP contribution is 2.34. The fourth-order valence-electron chi connectivity index (χ4n) is 5.59. The SMILES string of the molecule is C[C@H](c1ccccc1)N(Cc1ccccc1)[C@@H](CC(=O)OC(C)(C)C)[C@@H]1CCCN1Cc1ccccc1. The third-order valence-electron chi connectivity index (χ3n) is 7.30. The van der Waals surface area contributed by atoms with E-state index in [1.807, 2.05) is 20.8 Å². The van der Waals surface area contributed by atoms with Gasteiger partial charge in [-0.05, 0) is 63.8 Å². The highest BCUT2D eigenvalue weighted by Gasteiger charge is 2.39. The van der Waals surface area contributed by atoms with Crippen molar-refractivity contribution in [1.82, 2.24) is 9.80 Å². The van der Waals surface area contributed by atoms with Crippen LogP contribution < -0.4 is 0 Å². The molecule has 1 fully saturated rings. The van der Waals surface area contributed by atoms with E-state index in [1.54, 1.807) is 0 Å². The average molecular weight is 499 g/mol. The Labute approximate surface area is 223 Å². The van der Waals surface area contributed by atoms with Crippen LogP contribution in [0.2, 0.25) is 0 Å². The number of carbonyl (C=O) groups excluding carboxylic acids is 1. The summed E-state index contributed by atoms with van der Waals surface area (Å²) in [6.45, 7) is 10.8. The molecule has 0 radical (unpaired) electrons. The normalized spacial score (nSPS) is 18.0. The molecule has 0 aromatic heterocycles. The summed E-state index contributed by atoms with van der Waals surface area (Å²) in [5.74, 6) is -0.123. The molecule has 1 aliphatic heterocycles. The van der Waals surface area contributed by atoms with Crippen LogP contribution in [-0.4, -0.2) is 40.0 Å². The van der Waals surface area contributed by atoms with Crippen molar-refractivity contribution in [3.63, 3.8) is 0 Å². The molecule has 0 bridgehead atoms. The summed E-state index contributed by atoms with van der Waals surface area (Å²) in [7, 11) is 0. The highest BCUT2D eigenvalue weighted by atomic mass is 16.6. The van der Waals surface area contributed by atoms with Crippen LogP contribution in [0.4, 0.5) is 0 Å². The van der Waals surface area contributed by atoms with Crippen LogP contribution in [0.3, 0.4) is 0 Å². The lowest BCUT2D eigenvalue weighted by atomic mass is 9.95. The summed E-state index contributed by atoms with van der Waals surface area (Å²) in [6, 6.07) is 32.4. The predicted octanol–water partition coefficient (Wildman–Crippen LogP) is 7.01. The molecule has 3 aromatic carbocycles. The third-order valence-corrected chi connectivity index (χ3v) is 7.30. The largest absolute Gasteiger partial charge is 0.460 e. The summed E-state index contributed by atoms with van der Waals surface area (Å²) in [4.78, 5) is 18.5. The smallest absolute Gasteiger partial charge is 0.307 e. The maximum Gasteiger partial charge on any atom is 0.307 e. The summed E-state index contributed by atoms with van der Waals surface area (Å²) < 4.78 is 5.88. The molecule has 0 unspecified atom stereocenters. The van der Waals surface area contributed by atoms with Gasteiger partial charge in [0.25, 0.3) is 0 Å². The van der Waals surface area contributed by atoms with Crippen molar-refractivity contribution in [3.05, 3.63) is 108 Å². The average Bonchev–Trinajstić information content (AvgIpc) is 3.34. The molecule has 4 nitrogen and oxygen atoms in total. The molecule has 0 spiro atoms. The minimum absolute atomic E-state index is 0.0245. The van der Waals surface area contributed by atoms with Gasteiger partial charge in [0.05, 0.1) is 6.42 Å². The minimum Gasteiger partial charge on any atom is -0.460 e. The monoisotopic (exact) mass is 498 g/mol. The van der Waals surface area contributed by atoms with Gasteiger partial charge in [0, 0.05) is 31.2 Å². The van der Waals surface area contributed by atoms with Crippen LogP contribution in [0.25, 0.3) is 0 Å². The molecule has 1 aliphatic rings. The standard InChI is InChI=1S/C33H42N2O2/c1-26(29-19-12-7-13-20-29)35(25-28-17-10-6-11-18-28)31(23-32(36)37-33(2,3)4)30-21-14-22-34(30)24-27-15-8-5-9-16-27/h5-13,15-20,26,30-31H,14,21-25H2,1-4H3/t26-,30+,31+/m1/s1. The van der Waals surface area contributed by atoms with Crippen molar-refractivity contribution in [1.29, 1.82) is 0 Å². The Morgan fingerprint density at radius 1 is 0.919 bits per heavy atom. The number of nitrogens with zero attached hydrogens (tertiary/aromatic N) is 2. The molecule has 4 rings (SSSR count). The fourth-order valence-corrected chi connectivity index (χ4v) is 5.59. The van der Waals surface area contributed by atoms with Gasteiger partial charge in [0.15, 0.2) is 0 Å². The van der Waals surface area contributed by atoms with E-state index in [-0.39, 0.29) is 24.1 Å². The lowest BCUT2D eigenvalue weighted by Crippen LogP contribution is -2.51. The Hall–Kier alpha value is -2.95. The first kappa shape index (κ1) is 27.1. The Morgan fingerprint density at radius 2 is 1.49 bits per heavy atom. The molecule has 0 amide bonds. The van der Waals surface area contributed by atoms with Crippen molar-refractivity contribution < 1.29 is 9.53 Å².